The van der Waals surface area contributed by atoms with E-state index >= 15 is 0 Å². The van der Waals surface area contributed by atoms with Gasteiger partial charge in [0.2, 0.25) is 0 Å². The summed E-state index contributed by atoms with van der Waals surface area (Å²) in [5.74, 6) is 0. The molecule has 0 spiro atoms. The normalized spacial score (nSPS) is 19.9. The van der Waals surface area contributed by atoms with E-state index in [1.165, 1.54) is 11.3 Å². The van der Waals surface area contributed by atoms with Crippen LogP contribution in [-0.2, 0) is 12.0 Å². The van der Waals surface area contributed by atoms with Gasteiger partial charge < -0.3 is 5.32 Å². The van der Waals surface area contributed by atoms with Gasteiger partial charge in [-0.25, -0.2) is 4.68 Å². The Morgan fingerprint density at radius 1 is 1.22 bits per heavy atom. The third-order valence-electron chi connectivity index (χ3n) is 4.37. The lowest BCUT2D eigenvalue weighted by atomic mass is 9.89. The topological polar surface area (TPSA) is 33.1 Å². The predicted molar refractivity (Wildman–Crippen MR) is 95.0 cm³/mol. The molecule has 23 heavy (non-hydrogen) atoms. The number of para-hydroxylation sites is 1. The molecule has 1 aromatic carbocycles. The van der Waals surface area contributed by atoms with Crippen LogP contribution in [0.15, 0.2) is 36.5 Å². The molecule has 4 heteroatoms. The van der Waals surface area contributed by atoms with Gasteiger partial charge >= 0.3 is 0 Å². The number of nitrogens with zero attached hydrogens (tertiary/aromatic N) is 3. The molecule has 1 aromatic heterocycles. The van der Waals surface area contributed by atoms with Crippen LogP contribution in [0.5, 0.6) is 0 Å². The van der Waals surface area contributed by atoms with E-state index in [-0.39, 0.29) is 5.41 Å². The molecule has 0 saturated carbocycles. The van der Waals surface area contributed by atoms with Crippen LogP contribution in [0.3, 0.4) is 0 Å². The first-order valence-corrected chi connectivity index (χ1v) is 8.53. The van der Waals surface area contributed by atoms with Crippen molar-refractivity contribution < 1.29 is 0 Å². The standard InChI is InChI=1S/C19H28N4/c1-15-12-22(11-10-20-15)13-16-14-23(17-8-6-5-7-9-17)21-18(16)19(2,3)4/h5-9,14-15,20H,10-13H2,1-4H3/t15-/m1/s1. The number of piperazine rings is 1. The molecule has 1 fully saturated rings. The minimum Gasteiger partial charge on any atom is -0.312 e. The molecule has 0 amide bonds. The van der Waals surface area contributed by atoms with E-state index in [1.54, 1.807) is 0 Å². The number of aromatic nitrogens is 2. The van der Waals surface area contributed by atoms with Crippen molar-refractivity contribution in [1.29, 1.82) is 0 Å². The van der Waals surface area contributed by atoms with E-state index in [4.69, 9.17) is 5.10 Å². The van der Waals surface area contributed by atoms with Gasteiger partial charge in [0.1, 0.15) is 0 Å². The van der Waals surface area contributed by atoms with E-state index in [0.717, 1.165) is 31.9 Å². The molecule has 0 bridgehead atoms. The first-order chi connectivity index (χ1) is 10.9. The van der Waals surface area contributed by atoms with Gasteiger partial charge in [-0.15, -0.1) is 0 Å². The number of hydrogen-bond donors (Lipinski definition) is 1. The highest BCUT2D eigenvalue weighted by Gasteiger charge is 2.25. The van der Waals surface area contributed by atoms with Gasteiger partial charge in [-0.2, -0.15) is 5.10 Å². The molecule has 1 atom stereocenters. The largest absolute Gasteiger partial charge is 0.312 e. The van der Waals surface area contributed by atoms with Crippen LogP contribution in [0, 0.1) is 0 Å². The van der Waals surface area contributed by atoms with E-state index in [2.05, 4.69) is 68.4 Å². The van der Waals surface area contributed by atoms with E-state index in [1.807, 2.05) is 10.7 Å². The summed E-state index contributed by atoms with van der Waals surface area (Å²) >= 11 is 0. The Kier molecular flexibility index (Phi) is 4.55. The summed E-state index contributed by atoms with van der Waals surface area (Å²) < 4.78 is 2.03. The molecule has 1 N–H and O–H groups in total. The molecule has 2 aromatic rings. The quantitative estimate of drug-likeness (QED) is 0.946. The minimum absolute atomic E-state index is 0.0506. The van der Waals surface area contributed by atoms with Crippen LogP contribution < -0.4 is 5.32 Å². The first kappa shape index (κ1) is 16.2. The third-order valence-corrected chi connectivity index (χ3v) is 4.37. The van der Waals surface area contributed by atoms with Crippen molar-refractivity contribution in [2.75, 3.05) is 19.6 Å². The van der Waals surface area contributed by atoms with Crippen LogP contribution in [-0.4, -0.2) is 40.4 Å². The number of hydrogen-bond acceptors (Lipinski definition) is 3. The Balaban J connectivity index is 1.90. The summed E-state index contributed by atoms with van der Waals surface area (Å²) in [5, 5.41) is 8.42. The lowest BCUT2D eigenvalue weighted by molar-refractivity contribution is 0.198. The Morgan fingerprint density at radius 3 is 2.61 bits per heavy atom. The van der Waals surface area contributed by atoms with Crippen molar-refractivity contribution in [2.45, 2.75) is 45.7 Å². The Labute approximate surface area is 139 Å². The Hall–Kier alpha value is -1.65. The van der Waals surface area contributed by atoms with Crippen molar-refractivity contribution in [3.05, 3.63) is 47.8 Å². The van der Waals surface area contributed by atoms with Gasteiger partial charge in [0.05, 0.1) is 11.4 Å². The lowest BCUT2D eigenvalue weighted by Gasteiger charge is -2.32. The van der Waals surface area contributed by atoms with E-state index < -0.39 is 0 Å². The van der Waals surface area contributed by atoms with Crippen molar-refractivity contribution in [3.63, 3.8) is 0 Å². The minimum atomic E-state index is 0.0506. The van der Waals surface area contributed by atoms with Crippen molar-refractivity contribution >= 4 is 0 Å². The molecular formula is C19H28N4. The average Bonchev–Trinajstić information content (AvgIpc) is 2.92. The third kappa shape index (κ3) is 3.82. The van der Waals surface area contributed by atoms with Crippen LogP contribution >= 0.6 is 0 Å². The summed E-state index contributed by atoms with van der Waals surface area (Å²) in [4.78, 5) is 2.53. The summed E-state index contributed by atoms with van der Waals surface area (Å²) in [6, 6.07) is 10.9. The van der Waals surface area contributed by atoms with Gasteiger partial charge in [-0.1, -0.05) is 39.0 Å². The number of benzene rings is 1. The van der Waals surface area contributed by atoms with Crippen molar-refractivity contribution in [2.24, 2.45) is 0 Å². The second-order valence-electron chi connectivity index (χ2n) is 7.62. The van der Waals surface area contributed by atoms with Gasteiger partial charge in [-0.05, 0) is 19.1 Å². The summed E-state index contributed by atoms with van der Waals surface area (Å²) in [7, 11) is 0. The molecule has 1 saturated heterocycles. The molecule has 0 aliphatic carbocycles. The Morgan fingerprint density at radius 2 is 1.96 bits per heavy atom. The maximum atomic E-state index is 4.91. The SMILES string of the molecule is C[C@@H]1CN(Cc2cn(-c3ccccc3)nc2C(C)(C)C)CCN1. The maximum Gasteiger partial charge on any atom is 0.0727 e. The lowest BCUT2D eigenvalue weighted by Crippen LogP contribution is -2.48. The maximum absolute atomic E-state index is 4.91. The highest BCUT2D eigenvalue weighted by Crippen LogP contribution is 2.26. The molecule has 0 radical (unpaired) electrons. The average molecular weight is 312 g/mol. The van der Waals surface area contributed by atoms with Crippen molar-refractivity contribution in [1.82, 2.24) is 20.0 Å². The summed E-state index contributed by atoms with van der Waals surface area (Å²) in [6.45, 7) is 13.2. The van der Waals surface area contributed by atoms with Crippen LogP contribution in [0.2, 0.25) is 0 Å². The van der Waals surface area contributed by atoms with Gasteiger partial charge in [0, 0.05) is 49.4 Å². The van der Waals surface area contributed by atoms with Gasteiger partial charge in [0.25, 0.3) is 0 Å². The Bertz CT molecular complexity index is 639. The predicted octanol–water partition coefficient (Wildman–Crippen LogP) is 2.96. The molecule has 4 nitrogen and oxygen atoms in total. The molecule has 124 valence electrons. The molecule has 1 aliphatic heterocycles. The van der Waals surface area contributed by atoms with Crippen molar-refractivity contribution in [3.8, 4) is 5.69 Å². The highest BCUT2D eigenvalue weighted by atomic mass is 15.3. The molecule has 2 heterocycles. The molecular weight excluding hydrogens is 284 g/mol. The number of rotatable bonds is 3. The van der Waals surface area contributed by atoms with Gasteiger partial charge in [-0.3, -0.25) is 4.90 Å². The highest BCUT2D eigenvalue weighted by molar-refractivity contribution is 5.34. The second kappa shape index (κ2) is 6.46. The zero-order chi connectivity index (χ0) is 16.4. The van der Waals surface area contributed by atoms with E-state index in [0.29, 0.717) is 6.04 Å². The number of nitrogens with one attached hydrogen (secondary N) is 1. The fourth-order valence-corrected chi connectivity index (χ4v) is 3.27. The summed E-state index contributed by atoms with van der Waals surface area (Å²) in [5.41, 5.74) is 3.72. The molecule has 3 rings (SSSR count). The first-order valence-electron chi connectivity index (χ1n) is 8.53. The fraction of sp³-hybridized carbons (Fsp3) is 0.526. The smallest absolute Gasteiger partial charge is 0.0727 e. The monoisotopic (exact) mass is 312 g/mol. The van der Waals surface area contributed by atoms with Crippen LogP contribution in [0.25, 0.3) is 5.69 Å². The van der Waals surface area contributed by atoms with Crippen LogP contribution in [0.1, 0.15) is 39.0 Å². The fourth-order valence-electron chi connectivity index (χ4n) is 3.27. The second-order valence-corrected chi connectivity index (χ2v) is 7.62. The van der Waals surface area contributed by atoms with E-state index in [9.17, 15) is 0 Å². The zero-order valence-electron chi connectivity index (χ0n) is 14.7. The van der Waals surface area contributed by atoms with Gasteiger partial charge in [0.15, 0.2) is 0 Å². The molecule has 0 unspecified atom stereocenters. The zero-order valence-corrected chi connectivity index (χ0v) is 14.7. The molecule has 1 aliphatic rings. The summed E-state index contributed by atoms with van der Waals surface area (Å²) in [6.07, 6.45) is 2.21. The van der Waals surface area contributed by atoms with Crippen LogP contribution in [0.4, 0.5) is 0 Å².